The van der Waals surface area contributed by atoms with E-state index in [1.165, 1.54) is 12.0 Å². The largest absolute Gasteiger partial charge is 0.400 e. The molecule has 0 unspecified atom stereocenters. The van der Waals surface area contributed by atoms with Crippen molar-refractivity contribution in [2.45, 2.75) is 27.2 Å². The second-order valence-electron chi connectivity index (χ2n) is 2.36. The van der Waals surface area contributed by atoms with Crippen molar-refractivity contribution in [3.8, 4) is 0 Å². The first-order chi connectivity index (χ1) is 5.81. The Morgan fingerprint density at radius 1 is 1.00 bits per heavy atom. The van der Waals surface area contributed by atoms with E-state index in [1.54, 1.807) is 0 Å². The number of hydrogen-bond acceptors (Lipinski definition) is 1. The highest BCUT2D eigenvalue weighted by molar-refractivity contribution is 5.11. The Morgan fingerprint density at radius 2 is 1.33 bits per heavy atom. The van der Waals surface area contributed by atoms with Crippen molar-refractivity contribution < 1.29 is 5.11 Å². The lowest BCUT2D eigenvalue weighted by Crippen LogP contribution is -1.62. The third kappa shape index (κ3) is 11.9. The zero-order chi connectivity index (χ0) is 9.82. The molecule has 0 aliphatic heterocycles. The van der Waals surface area contributed by atoms with Crippen LogP contribution in [0, 0.1) is 6.92 Å². The molecule has 0 saturated heterocycles. The van der Waals surface area contributed by atoms with E-state index in [2.05, 4.69) is 32.9 Å². The van der Waals surface area contributed by atoms with E-state index in [4.69, 9.17) is 5.11 Å². The molecule has 1 aromatic carbocycles. The Labute approximate surface area is 76.1 Å². The van der Waals surface area contributed by atoms with Crippen LogP contribution in [0.25, 0.3) is 0 Å². The number of aryl methyl sites for hydroxylation is 1. The van der Waals surface area contributed by atoms with Gasteiger partial charge in [0, 0.05) is 7.11 Å². The van der Waals surface area contributed by atoms with Gasteiger partial charge in [-0.25, -0.2) is 0 Å². The number of rotatable bonds is 0. The zero-order valence-corrected chi connectivity index (χ0v) is 8.54. The monoisotopic (exact) mass is 168 g/mol. The molecular weight excluding hydrogens is 148 g/mol. The summed E-state index contributed by atoms with van der Waals surface area (Å²) in [6.07, 6.45) is 1.25. The molecule has 1 N–H and O–H groups in total. The Bertz CT molecular complexity index is 146. The summed E-state index contributed by atoms with van der Waals surface area (Å²) >= 11 is 0. The van der Waals surface area contributed by atoms with E-state index in [-0.39, 0.29) is 0 Å². The van der Waals surface area contributed by atoms with Gasteiger partial charge >= 0.3 is 0 Å². The molecular formula is C11H20O. The third-order valence-corrected chi connectivity index (χ3v) is 0.940. The van der Waals surface area contributed by atoms with Gasteiger partial charge in [-0.15, -0.1) is 0 Å². The van der Waals surface area contributed by atoms with Gasteiger partial charge in [-0.1, -0.05) is 56.2 Å². The molecule has 0 bridgehead atoms. The summed E-state index contributed by atoms with van der Waals surface area (Å²) in [6.45, 7) is 6.33. The van der Waals surface area contributed by atoms with Gasteiger partial charge in [0.25, 0.3) is 0 Å². The zero-order valence-electron chi connectivity index (χ0n) is 8.54. The molecule has 0 aliphatic carbocycles. The van der Waals surface area contributed by atoms with E-state index in [9.17, 15) is 0 Å². The van der Waals surface area contributed by atoms with Crippen LogP contribution in [-0.4, -0.2) is 12.2 Å². The Balaban J connectivity index is 0. The second-order valence-corrected chi connectivity index (χ2v) is 2.36. The quantitative estimate of drug-likeness (QED) is 0.631. The standard InChI is InChI=1S/C7H8.C3H8.CH4O/c1-7-5-3-2-4-6-7;1-3-2;1-2/h2-6H,1H3;3H2,1-2H3;2H,1H3. The lowest BCUT2D eigenvalue weighted by atomic mass is 10.2. The van der Waals surface area contributed by atoms with Crippen LogP contribution in [0.15, 0.2) is 30.3 Å². The molecule has 0 saturated carbocycles. The van der Waals surface area contributed by atoms with Gasteiger partial charge in [-0.05, 0) is 6.92 Å². The minimum absolute atomic E-state index is 1.00. The summed E-state index contributed by atoms with van der Waals surface area (Å²) in [6, 6.07) is 10.3. The van der Waals surface area contributed by atoms with E-state index in [0.29, 0.717) is 0 Å². The van der Waals surface area contributed by atoms with Crippen LogP contribution in [-0.2, 0) is 0 Å². The predicted octanol–water partition coefficient (Wildman–Crippen LogP) is 3.02. The highest BCUT2D eigenvalue weighted by Gasteiger charge is 1.72. The van der Waals surface area contributed by atoms with Crippen molar-refractivity contribution in [1.29, 1.82) is 0 Å². The van der Waals surface area contributed by atoms with Crippen molar-refractivity contribution in [2.24, 2.45) is 0 Å². The topological polar surface area (TPSA) is 20.2 Å². The van der Waals surface area contributed by atoms with Crippen LogP contribution in [0.5, 0.6) is 0 Å². The molecule has 1 heteroatoms. The molecule has 0 aliphatic rings. The maximum absolute atomic E-state index is 7.00. The number of aliphatic hydroxyl groups is 1. The fourth-order valence-corrected chi connectivity index (χ4v) is 0.534. The maximum Gasteiger partial charge on any atom is 0.0319 e. The minimum Gasteiger partial charge on any atom is -0.400 e. The Kier molecular flexibility index (Phi) is 14.7. The summed E-state index contributed by atoms with van der Waals surface area (Å²) in [7, 11) is 1.00. The van der Waals surface area contributed by atoms with Gasteiger partial charge in [0.1, 0.15) is 0 Å². The molecule has 12 heavy (non-hydrogen) atoms. The maximum atomic E-state index is 7.00. The van der Waals surface area contributed by atoms with Crippen LogP contribution in [0.1, 0.15) is 25.8 Å². The van der Waals surface area contributed by atoms with Gasteiger partial charge in [0.2, 0.25) is 0 Å². The van der Waals surface area contributed by atoms with Gasteiger partial charge in [-0.2, -0.15) is 0 Å². The van der Waals surface area contributed by atoms with Crippen LogP contribution < -0.4 is 0 Å². The molecule has 0 atom stereocenters. The van der Waals surface area contributed by atoms with Gasteiger partial charge < -0.3 is 5.11 Å². The Morgan fingerprint density at radius 3 is 1.50 bits per heavy atom. The fourth-order valence-electron chi connectivity index (χ4n) is 0.534. The van der Waals surface area contributed by atoms with Crippen molar-refractivity contribution in [3.63, 3.8) is 0 Å². The lowest BCUT2D eigenvalue weighted by Gasteiger charge is -1.82. The van der Waals surface area contributed by atoms with Crippen molar-refractivity contribution in [2.75, 3.05) is 7.11 Å². The summed E-state index contributed by atoms with van der Waals surface area (Å²) in [5, 5.41) is 7.00. The van der Waals surface area contributed by atoms with Crippen LogP contribution in [0.4, 0.5) is 0 Å². The number of aliphatic hydroxyl groups excluding tert-OH is 1. The first-order valence-electron chi connectivity index (χ1n) is 4.27. The smallest absolute Gasteiger partial charge is 0.0319 e. The third-order valence-electron chi connectivity index (χ3n) is 0.940. The van der Waals surface area contributed by atoms with E-state index < -0.39 is 0 Å². The molecule has 1 rings (SSSR count). The summed E-state index contributed by atoms with van der Waals surface area (Å²) in [5.41, 5.74) is 1.32. The molecule has 0 spiro atoms. The molecule has 0 amide bonds. The first kappa shape index (κ1) is 13.7. The van der Waals surface area contributed by atoms with E-state index in [0.717, 1.165) is 7.11 Å². The predicted molar refractivity (Wildman–Crippen MR) is 55.3 cm³/mol. The number of hydrogen-bond donors (Lipinski definition) is 1. The van der Waals surface area contributed by atoms with Gasteiger partial charge in [0.15, 0.2) is 0 Å². The van der Waals surface area contributed by atoms with Crippen molar-refractivity contribution in [1.82, 2.24) is 0 Å². The second kappa shape index (κ2) is 12.8. The summed E-state index contributed by atoms with van der Waals surface area (Å²) in [5.74, 6) is 0. The average molecular weight is 168 g/mol. The molecule has 0 aromatic heterocycles. The summed E-state index contributed by atoms with van der Waals surface area (Å²) < 4.78 is 0. The van der Waals surface area contributed by atoms with Gasteiger partial charge in [-0.3, -0.25) is 0 Å². The van der Waals surface area contributed by atoms with Crippen molar-refractivity contribution in [3.05, 3.63) is 35.9 Å². The van der Waals surface area contributed by atoms with Crippen LogP contribution >= 0.6 is 0 Å². The minimum atomic E-state index is 1.00. The molecule has 0 heterocycles. The number of benzene rings is 1. The fraction of sp³-hybridized carbons (Fsp3) is 0.455. The van der Waals surface area contributed by atoms with E-state index >= 15 is 0 Å². The normalized spacial score (nSPS) is 7.08. The van der Waals surface area contributed by atoms with Crippen molar-refractivity contribution >= 4 is 0 Å². The molecule has 0 radical (unpaired) electrons. The lowest BCUT2D eigenvalue weighted by molar-refractivity contribution is 0.399. The van der Waals surface area contributed by atoms with E-state index in [1.807, 2.05) is 18.2 Å². The Hall–Kier alpha value is -0.820. The summed E-state index contributed by atoms with van der Waals surface area (Å²) in [4.78, 5) is 0. The SMILES string of the molecule is CCC.CO.Cc1ccccc1. The molecule has 1 aromatic rings. The molecule has 0 fully saturated rings. The average Bonchev–Trinajstić information content (AvgIpc) is 2.11. The highest BCUT2D eigenvalue weighted by Crippen LogP contribution is 1.92. The van der Waals surface area contributed by atoms with Crippen LogP contribution in [0.3, 0.4) is 0 Å². The molecule has 1 nitrogen and oxygen atoms in total. The van der Waals surface area contributed by atoms with Crippen LogP contribution in [0.2, 0.25) is 0 Å². The first-order valence-corrected chi connectivity index (χ1v) is 4.27. The highest BCUT2D eigenvalue weighted by atomic mass is 16.2. The molecule has 70 valence electrons. The van der Waals surface area contributed by atoms with Gasteiger partial charge in [0.05, 0.1) is 0 Å².